The first-order chi connectivity index (χ1) is 11.3. The lowest BCUT2D eigenvalue weighted by Gasteiger charge is -2.53. The van der Waals surface area contributed by atoms with E-state index in [0.29, 0.717) is 0 Å². The number of aliphatic carboxylic acids is 2. The Morgan fingerprint density at radius 2 is 1.88 bits per heavy atom. The second-order valence-corrected chi connectivity index (χ2v) is 6.26. The van der Waals surface area contributed by atoms with Crippen molar-refractivity contribution in [2.75, 3.05) is 5.75 Å². The summed E-state index contributed by atoms with van der Waals surface area (Å²) in [7, 11) is 0. The molecule has 2 aliphatic heterocycles. The van der Waals surface area contributed by atoms with Gasteiger partial charge in [0.05, 0.1) is 6.10 Å². The lowest BCUT2D eigenvalue weighted by molar-refractivity contribution is -0.167. The maximum atomic E-state index is 12.0. The number of carbonyl (C=O) groups excluding carboxylic acids is 2. The van der Waals surface area contributed by atoms with Crippen LogP contribution in [0.4, 0.5) is 0 Å². The molecule has 0 spiro atoms. The molecule has 4 atom stereocenters. The topological polar surface area (TPSA) is 144 Å². The van der Waals surface area contributed by atoms with Crippen molar-refractivity contribution in [2.24, 2.45) is 0 Å². The van der Waals surface area contributed by atoms with Crippen LogP contribution in [0.3, 0.4) is 0 Å². The van der Waals surface area contributed by atoms with Gasteiger partial charge in [-0.1, -0.05) is 13.8 Å². The van der Waals surface area contributed by atoms with Crippen molar-refractivity contribution in [1.29, 1.82) is 0 Å². The van der Waals surface area contributed by atoms with Crippen LogP contribution in [0.25, 0.3) is 0 Å². The van der Waals surface area contributed by atoms with Crippen LogP contribution in [0.1, 0.15) is 33.1 Å². The summed E-state index contributed by atoms with van der Waals surface area (Å²) in [6.07, 6.45) is -1.13. The summed E-state index contributed by atoms with van der Waals surface area (Å²) in [6.45, 7) is 4.00. The molecule has 0 aromatic rings. The Balaban J connectivity index is 0.00000139. The molecule has 0 aromatic carbocycles. The van der Waals surface area contributed by atoms with E-state index in [1.54, 1.807) is 0 Å². The van der Waals surface area contributed by atoms with E-state index in [0.717, 1.165) is 4.90 Å². The molecule has 24 heavy (non-hydrogen) atoms. The number of carboxylic acid groups (broad SMARTS) is 2. The van der Waals surface area contributed by atoms with Crippen LogP contribution in [-0.2, 0) is 19.2 Å². The highest BCUT2D eigenvalue weighted by molar-refractivity contribution is 8.00. The summed E-state index contributed by atoms with van der Waals surface area (Å²) in [5.74, 6) is -3.11. The minimum atomic E-state index is -1.29. The molecule has 0 radical (unpaired) electrons. The third-order valence-electron chi connectivity index (χ3n) is 3.55. The molecule has 136 valence electrons. The minimum absolute atomic E-state index is 0.0154. The fourth-order valence-electron chi connectivity index (χ4n) is 2.49. The SMILES string of the molecule is CC.O=C(O)CCCC(=O)N[C@@H]1C(=O)N2C(C(=O)O)C(O)CS[C@H]12. The van der Waals surface area contributed by atoms with Crippen molar-refractivity contribution >= 4 is 35.5 Å². The third-order valence-corrected chi connectivity index (χ3v) is 4.92. The Labute approximate surface area is 143 Å². The number of amides is 2. The van der Waals surface area contributed by atoms with Crippen LogP contribution >= 0.6 is 11.8 Å². The van der Waals surface area contributed by atoms with Crippen LogP contribution < -0.4 is 5.32 Å². The number of nitrogens with one attached hydrogen (secondary N) is 1. The first-order valence-electron chi connectivity index (χ1n) is 7.68. The van der Waals surface area contributed by atoms with Gasteiger partial charge in [-0.3, -0.25) is 14.4 Å². The fraction of sp³-hybridized carbons (Fsp3) is 0.714. The average molecular weight is 362 g/mol. The van der Waals surface area contributed by atoms with Gasteiger partial charge in [0.25, 0.3) is 0 Å². The van der Waals surface area contributed by atoms with Crippen LogP contribution in [0.5, 0.6) is 0 Å². The largest absolute Gasteiger partial charge is 0.481 e. The molecule has 2 unspecified atom stereocenters. The van der Waals surface area contributed by atoms with Crippen LogP contribution in [0, 0.1) is 0 Å². The van der Waals surface area contributed by atoms with E-state index >= 15 is 0 Å². The zero-order valence-electron chi connectivity index (χ0n) is 13.5. The Morgan fingerprint density at radius 3 is 2.42 bits per heavy atom. The molecule has 0 aromatic heterocycles. The van der Waals surface area contributed by atoms with Gasteiger partial charge in [0.15, 0.2) is 6.04 Å². The number of aliphatic hydroxyl groups is 1. The fourth-order valence-corrected chi connectivity index (χ4v) is 3.84. The van der Waals surface area contributed by atoms with E-state index in [1.807, 2.05) is 13.8 Å². The van der Waals surface area contributed by atoms with E-state index in [2.05, 4.69) is 5.32 Å². The van der Waals surface area contributed by atoms with Crippen molar-refractivity contribution in [3.05, 3.63) is 0 Å². The smallest absolute Gasteiger partial charge is 0.329 e. The molecule has 2 saturated heterocycles. The van der Waals surface area contributed by atoms with Gasteiger partial charge in [-0.05, 0) is 6.42 Å². The Morgan fingerprint density at radius 1 is 1.25 bits per heavy atom. The number of hydrogen-bond donors (Lipinski definition) is 4. The summed E-state index contributed by atoms with van der Waals surface area (Å²) in [5, 5.41) is 29.2. The summed E-state index contributed by atoms with van der Waals surface area (Å²) < 4.78 is 0. The first kappa shape index (κ1) is 20.2. The van der Waals surface area contributed by atoms with E-state index < -0.39 is 47.3 Å². The molecule has 0 aliphatic carbocycles. The highest BCUT2D eigenvalue weighted by Crippen LogP contribution is 2.38. The van der Waals surface area contributed by atoms with E-state index in [4.69, 9.17) is 10.2 Å². The summed E-state index contributed by atoms with van der Waals surface area (Å²) in [6, 6.07) is -2.12. The van der Waals surface area contributed by atoms with Crippen molar-refractivity contribution in [3.8, 4) is 0 Å². The second-order valence-electron chi connectivity index (χ2n) is 5.11. The van der Waals surface area contributed by atoms with Gasteiger partial charge in [0, 0.05) is 18.6 Å². The number of aliphatic hydroxyl groups excluding tert-OH is 1. The molecule has 2 rings (SSSR count). The number of thioether (sulfide) groups is 1. The van der Waals surface area contributed by atoms with Crippen molar-refractivity contribution < 1.29 is 34.5 Å². The maximum absolute atomic E-state index is 12.0. The molecular formula is C14H22N2O7S. The monoisotopic (exact) mass is 362 g/mol. The Bertz CT molecular complexity index is 513. The molecule has 2 aliphatic rings. The van der Waals surface area contributed by atoms with E-state index in [1.165, 1.54) is 11.8 Å². The summed E-state index contributed by atoms with van der Waals surface area (Å²) >= 11 is 1.21. The number of carboxylic acids is 2. The van der Waals surface area contributed by atoms with Gasteiger partial charge in [-0.15, -0.1) is 11.8 Å². The molecule has 10 heteroatoms. The molecule has 0 saturated carbocycles. The summed E-state index contributed by atoms with van der Waals surface area (Å²) in [5.41, 5.74) is 0. The van der Waals surface area contributed by atoms with Gasteiger partial charge >= 0.3 is 11.9 Å². The van der Waals surface area contributed by atoms with Crippen molar-refractivity contribution in [3.63, 3.8) is 0 Å². The zero-order valence-corrected chi connectivity index (χ0v) is 14.3. The van der Waals surface area contributed by atoms with Gasteiger partial charge in [0.1, 0.15) is 11.4 Å². The Hall–Kier alpha value is -1.81. The van der Waals surface area contributed by atoms with Gasteiger partial charge in [-0.25, -0.2) is 4.79 Å². The third kappa shape index (κ3) is 4.38. The maximum Gasteiger partial charge on any atom is 0.329 e. The summed E-state index contributed by atoms with van der Waals surface area (Å²) in [4.78, 5) is 46.2. The normalized spacial score (nSPS) is 28.0. The zero-order chi connectivity index (χ0) is 18.4. The number of nitrogens with zero attached hydrogens (tertiary/aromatic N) is 1. The number of fused-ring (bicyclic) bond motifs is 1. The number of hydrogen-bond acceptors (Lipinski definition) is 6. The highest BCUT2D eigenvalue weighted by Gasteiger charge is 2.57. The number of carbonyl (C=O) groups is 4. The van der Waals surface area contributed by atoms with Gasteiger partial charge in [0.2, 0.25) is 11.8 Å². The van der Waals surface area contributed by atoms with Gasteiger partial charge < -0.3 is 25.5 Å². The average Bonchev–Trinajstić information content (AvgIpc) is 2.53. The van der Waals surface area contributed by atoms with Crippen molar-refractivity contribution in [1.82, 2.24) is 10.2 Å². The van der Waals surface area contributed by atoms with Crippen LogP contribution in [0.15, 0.2) is 0 Å². The Kier molecular flexibility index (Phi) is 7.49. The molecular weight excluding hydrogens is 340 g/mol. The molecule has 9 nitrogen and oxygen atoms in total. The number of β-lactam (4-membered cyclic amide) rings is 1. The molecule has 4 N–H and O–H groups in total. The van der Waals surface area contributed by atoms with E-state index in [-0.39, 0.29) is 25.0 Å². The van der Waals surface area contributed by atoms with Crippen LogP contribution in [0.2, 0.25) is 0 Å². The van der Waals surface area contributed by atoms with Crippen molar-refractivity contribution in [2.45, 2.75) is 56.7 Å². The first-order valence-corrected chi connectivity index (χ1v) is 8.73. The molecule has 0 bridgehead atoms. The predicted molar refractivity (Wildman–Crippen MR) is 85.3 cm³/mol. The molecule has 2 heterocycles. The number of rotatable bonds is 6. The highest BCUT2D eigenvalue weighted by atomic mass is 32.2. The van der Waals surface area contributed by atoms with E-state index in [9.17, 15) is 24.3 Å². The predicted octanol–water partition coefficient (Wildman–Crippen LogP) is -0.518. The van der Waals surface area contributed by atoms with Gasteiger partial charge in [-0.2, -0.15) is 0 Å². The quantitative estimate of drug-likeness (QED) is 0.462. The molecule has 2 amide bonds. The lowest BCUT2D eigenvalue weighted by atomic mass is 9.99. The lowest BCUT2D eigenvalue weighted by Crippen LogP contribution is -2.76. The van der Waals surface area contributed by atoms with Crippen LogP contribution in [-0.4, -0.2) is 73.3 Å². The standard InChI is InChI=1S/C12H16N2O7S.C2H6/c15-5-4-22-11-8(10(19)14(11)9(5)12(20)21)13-6(16)2-1-3-7(17)18;1-2/h5,8-9,11,15H,1-4H2,(H,13,16)(H,17,18)(H,20,21);1-2H3/t5?,8-,9?,11-;/m1./s1. The second kappa shape index (κ2) is 8.88. The minimum Gasteiger partial charge on any atom is -0.481 e. The molecule has 2 fully saturated rings.